The summed E-state index contributed by atoms with van der Waals surface area (Å²) in [7, 11) is 0. The van der Waals surface area contributed by atoms with Crippen LogP contribution in [-0.2, 0) is 9.09 Å². The van der Waals surface area contributed by atoms with E-state index in [9.17, 15) is 4.57 Å². The Morgan fingerprint density at radius 1 is 1.50 bits per heavy atom. The number of rotatable bonds is 4. The first-order chi connectivity index (χ1) is 4.49. The van der Waals surface area contributed by atoms with Crippen molar-refractivity contribution in [3.63, 3.8) is 0 Å². The van der Waals surface area contributed by atoms with Gasteiger partial charge >= 0.3 is 6.80 Å². The van der Waals surface area contributed by atoms with E-state index in [-0.39, 0.29) is 0 Å². The largest absolute Gasteiger partial charge is 0.394 e. The molecule has 0 rings (SSSR count). The second-order valence-corrected chi connectivity index (χ2v) is 4.29. The Hall–Kier alpha value is 0.420. The Kier molecular flexibility index (Phi) is 4.51. The van der Waals surface area contributed by atoms with Gasteiger partial charge in [0.1, 0.15) is 6.10 Å². The van der Waals surface area contributed by atoms with Crippen molar-refractivity contribution < 1.29 is 24.2 Å². The van der Waals surface area contributed by atoms with E-state index in [0.717, 1.165) is 0 Å². The van der Waals surface area contributed by atoms with Crippen molar-refractivity contribution >= 4 is 19.0 Å². The van der Waals surface area contributed by atoms with Crippen LogP contribution in [0, 0.1) is 0 Å². The summed E-state index contributed by atoms with van der Waals surface area (Å²) in [6.07, 6.45) is -1.03. The Bertz CT molecular complexity index is 129. The van der Waals surface area contributed by atoms with Crippen molar-refractivity contribution in [2.24, 2.45) is 0 Å². The number of aliphatic hydroxyl groups is 2. The molecule has 0 amide bonds. The van der Waals surface area contributed by atoms with Gasteiger partial charge in [0.25, 0.3) is 0 Å². The van der Waals surface area contributed by atoms with Crippen LogP contribution < -0.4 is 0 Å². The lowest BCUT2D eigenvalue weighted by Gasteiger charge is -2.12. The minimum Gasteiger partial charge on any atom is -0.394 e. The van der Waals surface area contributed by atoms with Gasteiger partial charge < -0.3 is 15.1 Å². The van der Waals surface area contributed by atoms with Crippen LogP contribution >= 0.6 is 19.0 Å². The zero-order valence-electron chi connectivity index (χ0n) is 5.04. The van der Waals surface area contributed by atoms with Crippen LogP contribution in [0.25, 0.3) is 0 Å². The van der Waals surface area contributed by atoms with Gasteiger partial charge in [0.15, 0.2) is 0 Å². The first-order valence-corrected chi connectivity index (χ1v) is 5.18. The minimum atomic E-state index is -3.88. The number of aliphatic hydroxyl groups excluding tert-OH is 2. The fourth-order valence-corrected chi connectivity index (χ4v) is 1.24. The standard InChI is InChI=1S/C3H9O5PS/c4-1-3(2-5)8-9(6,7)10/h3-5H,1-2H2,(H2,6,7,10). The molecule has 0 aromatic rings. The first kappa shape index (κ1) is 10.4. The molecule has 5 nitrogen and oxygen atoms in total. The van der Waals surface area contributed by atoms with Gasteiger partial charge in [-0.2, -0.15) is 0 Å². The molecule has 0 aromatic carbocycles. The Morgan fingerprint density at radius 2 is 1.90 bits per heavy atom. The normalized spacial score (nSPS) is 17.3. The Balaban J connectivity index is 3.75. The second kappa shape index (κ2) is 4.33. The number of hydrogen-bond donors (Lipinski definition) is 4. The minimum absolute atomic E-state index is 0.512. The molecule has 0 fully saturated rings. The molecule has 0 aliphatic rings. The number of thiol groups is 1. The predicted octanol–water partition coefficient (Wildman–Crippen LogP) is -0.614. The molecule has 62 valence electrons. The summed E-state index contributed by atoms with van der Waals surface area (Å²) < 4.78 is 14.5. The van der Waals surface area contributed by atoms with E-state index in [1.54, 1.807) is 0 Å². The van der Waals surface area contributed by atoms with Gasteiger partial charge in [0.05, 0.1) is 13.2 Å². The van der Waals surface area contributed by atoms with Crippen LogP contribution in [0.3, 0.4) is 0 Å². The molecule has 0 saturated heterocycles. The third-order valence-electron chi connectivity index (χ3n) is 0.694. The quantitative estimate of drug-likeness (QED) is 0.349. The lowest BCUT2D eigenvalue weighted by atomic mass is 10.4. The molecule has 0 radical (unpaired) electrons. The fourth-order valence-electron chi connectivity index (χ4n) is 0.319. The number of hydrogen-bond acceptors (Lipinski definition) is 4. The molecule has 0 heterocycles. The van der Waals surface area contributed by atoms with E-state index in [2.05, 4.69) is 16.8 Å². The summed E-state index contributed by atoms with van der Waals surface area (Å²) in [5.41, 5.74) is 0. The van der Waals surface area contributed by atoms with Crippen LogP contribution in [0.1, 0.15) is 0 Å². The van der Waals surface area contributed by atoms with E-state index < -0.39 is 26.1 Å². The third kappa shape index (κ3) is 5.22. The predicted molar refractivity (Wildman–Crippen MR) is 37.9 cm³/mol. The van der Waals surface area contributed by atoms with Gasteiger partial charge in [0.2, 0.25) is 0 Å². The van der Waals surface area contributed by atoms with Gasteiger partial charge in [-0.3, -0.25) is 4.52 Å². The molecular formula is C3H9O5PS. The maximum atomic E-state index is 10.3. The highest BCUT2D eigenvalue weighted by molar-refractivity contribution is 8.44. The van der Waals surface area contributed by atoms with E-state index in [1.807, 2.05) is 0 Å². The molecule has 0 bridgehead atoms. The van der Waals surface area contributed by atoms with Gasteiger partial charge in [0, 0.05) is 0 Å². The lowest BCUT2D eigenvalue weighted by molar-refractivity contribution is 0.0586. The smallest absolute Gasteiger partial charge is 0.383 e. The van der Waals surface area contributed by atoms with Crippen LogP contribution in [0.15, 0.2) is 0 Å². The molecular weight excluding hydrogens is 179 g/mol. The lowest BCUT2D eigenvalue weighted by Crippen LogP contribution is -2.19. The summed E-state index contributed by atoms with van der Waals surface area (Å²) in [6.45, 7) is -4.91. The molecule has 3 N–H and O–H groups in total. The van der Waals surface area contributed by atoms with Crippen molar-refractivity contribution in [3.05, 3.63) is 0 Å². The molecule has 0 spiro atoms. The van der Waals surface area contributed by atoms with E-state index in [0.29, 0.717) is 0 Å². The van der Waals surface area contributed by atoms with Crippen molar-refractivity contribution in [1.29, 1.82) is 0 Å². The molecule has 1 unspecified atom stereocenters. The molecule has 10 heavy (non-hydrogen) atoms. The zero-order valence-corrected chi connectivity index (χ0v) is 6.83. The van der Waals surface area contributed by atoms with Gasteiger partial charge in [-0.1, -0.05) is 12.2 Å². The summed E-state index contributed by atoms with van der Waals surface area (Å²) >= 11 is 3.17. The molecule has 7 heteroatoms. The monoisotopic (exact) mass is 188 g/mol. The average molecular weight is 188 g/mol. The van der Waals surface area contributed by atoms with E-state index in [4.69, 9.17) is 15.1 Å². The highest BCUT2D eigenvalue weighted by Gasteiger charge is 2.18. The molecule has 0 saturated carbocycles. The topological polar surface area (TPSA) is 87.0 Å². The van der Waals surface area contributed by atoms with E-state index in [1.165, 1.54) is 0 Å². The Morgan fingerprint density at radius 3 is 2.00 bits per heavy atom. The van der Waals surface area contributed by atoms with Crippen molar-refractivity contribution in [2.75, 3.05) is 13.2 Å². The maximum Gasteiger partial charge on any atom is 0.383 e. The highest BCUT2D eigenvalue weighted by atomic mass is 32.7. The van der Waals surface area contributed by atoms with Crippen molar-refractivity contribution in [1.82, 2.24) is 0 Å². The average Bonchev–Trinajstić information content (AvgIpc) is 1.81. The van der Waals surface area contributed by atoms with Crippen LogP contribution in [0.4, 0.5) is 0 Å². The summed E-state index contributed by atoms with van der Waals surface area (Å²) in [6, 6.07) is 0. The van der Waals surface area contributed by atoms with Crippen molar-refractivity contribution in [3.8, 4) is 0 Å². The van der Waals surface area contributed by atoms with Gasteiger partial charge in [-0.05, 0) is 0 Å². The SMILES string of the molecule is O=P(O)(S)OC(CO)CO. The summed E-state index contributed by atoms with van der Waals surface area (Å²) in [5.74, 6) is 0. The first-order valence-electron chi connectivity index (χ1n) is 2.45. The molecule has 0 aromatic heterocycles. The van der Waals surface area contributed by atoms with Crippen molar-refractivity contribution in [2.45, 2.75) is 6.10 Å². The fraction of sp³-hybridized carbons (Fsp3) is 1.00. The zero-order chi connectivity index (χ0) is 8.20. The summed E-state index contributed by atoms with van der Waals surface area (Å²) in [4.78, 5) is 8.43. The van der Waals surface area contributed by atoms with Crippen LogP contribution in [0.5, 0.6) is 0 Å². The highest BCUT2D eigenvalue weighted by Crippen LogP contribution is 2.47. The Labute approximate surface area is 63.3 Å². The second-order valence-electron chi connectivity index (χ2n) is 1.58. The molecule has 0 aliphatic heterocycles. The molecule has 1 atom stereocenters. The summed E-state index contributed by atoms with van der Waals surface area (Å²) in [5, 5.41) is 16.7. The molecule has 0 aliphatic carbocycles. The van der Waals surface area contributed by atoms with Crippen LogP contribution in [-0.4, -0.2) is 34.4 Å². The third-order valence-corrected chi connectivity index (χ3v) is 1.55. The van der Waals surface area contributed by atoms with Crippen LogP contribution in [0.2, 0.25) is 0 Å². The van der Waals surface area contributed by atoms with Gasteiger partial charge in [-0.25, -0.2) is 4.57 Å². The maximum absolute atomic E-state index is 10.3. The van der Waals surface area contributed by atoms with Gasteiger partial charge in [-0.15, -0.1) is 0 Å². The van der Waals surface area contributed by atoms with E-state index >= 15 is 0 Å².